The van der Waals surface area contributed by atoms with Crippen molar-refractivity contribution < 1.29 is 13.0 Å². The molecular formula is C12H9N2NaO3S. The second kappa shape index (κ2) is 5.15. The van der Waals surface area contributed by atoms with Crippen molar-refractivity contribution in [2.75, 3.05) is 0 Å². The van der Waals surface area contributed by atoms with Crippen molar-refractivity contribution in [3.05, 3.63) is 42.7 Å². The van der Waals surface area contributed by atoms with E-state index in [0.29, 0.717) is 21.8 Å². The van der Waals surface area contributed by atoms with Gasteiger partial charge in [0.2, 0.25) is 0 Å². The fourth-order valence-electron chi connectivity index (χ4n) is 1.93. The Morgan fingerprint density at radius 2 is 1.63 bits per heavy atom. The van der Waals surface area contributed by atoms with Gasteiger partial charge in [-0.3, -0.25) is 14.5 Å². The molecule has 0 saturated heterocycles. The Bertz CT molecular complexity index is 865. The quantitative estimate of drug-likeness (QED) is 0.415. The Hall–Kier alpha value is -1.05. The van der Waals surface area contributed by atoms with Crippen LogP contribution in [0.5, 0.6) is 0 Å². The number of hydrogen-bond donors (Lipinski definition) is 1. The Morgan fingerprint density at radius 1 is 1.00 bits per heavy atom. The summed E-state index contributed by atoms with van der Waals surface area (Å²) in [5.74, 6) is 0. The van der Waals surface area contributed by atoms with Crippen molar-refractivity contribution in [2.45, 2.75) is 4.90 Å². The standard InChI is InChI=1S/C12H8N2O3S.Na.H/c15-18(16,17)12-3-1-2-8-6-10-11(7-9(8)12)14-5-4-13-10;;/h1-7H,(H,15,16,17);;. The predicted molar refractivity (Wildman–Crippen MR) is 74.0 cm³/mol. The minimum absolute atomic E-state index is 0. The number of rotatable bonds is 1. The van der Waals surface area contributed by atoms with Gasteiger partial charge in [-0.15, -0.1) is 0 Å². The first kappa shape index (κ1) is 14.4. The van der Waals surface area contributed by atoms with Gasteiger partial charge in [-0.1, -0.05) is 12.1 Å². The van der Waals surface area contributed by atoms with Gasteiger partial charge in [-0.2, -0.15) is 8.42 Å². The molecule has 19 heavy (non-hydrogen) atoms. The number of aromatic nitrogens is 2. The molecule has 1 aromatic heterocycles. The Kier molecular flexibility index (Phi) is 3.89. The topological polar surface area (TPSA) is 80.2 Å². The van der Waals surface area contributed by atoms with Crippen LogP contribution in [0.2, 0.25) is 0 Å². The molecule has 0 radical (unpaired) electrons. The van der Waals surface area contributed by atoms with Gasteiger partial charge in [0, 0.05) is 17.8 Å². The number of benzene rings is 2. The summed E-state index contributed by atoms with van der Waals surface area (Å²) < 4.78 is 31.8. The molecule has 3 rings (SSSR count). The molecule has 0 spiro atoms. The molecule has 2 aromatic carbocycles. The van der Waals surface area contributed by atoms with Crippen molar-refractivity contribution in [3.8, 4) is 0 Å². The van der Waals surface area contributed by atoms with Crippen LogP contribution in [0.3, 0.4) is 0 Å². The van der Waals surface area contributed by atoms with Crippen LogP contribution < -0.4 is 0 Å². The van der Waals surface area contributed by atoms with Gasteiger partial charge in [0.25, 0.3) is 10.1 Å². The Labute approximate surface area is 131 Å². The summed E-state index contributed by atoms with van der Waals surface area (Å²) in [5.41, 5.74) is 1.26. The fourth-order valence-corrected chi connectivity index (χ4v) is 2.64. The fraction of sp³-hybridized carbons (Fsp3) is 0. The predicted octanol–water partition coefficient (Wildman–Crippen LogP) is 1.38. The van der Waals surface area contributed by atoms with Crippen molar-refractivity contribution in [1.29, 1.82) is 0 Å². The molecule has 0 aliphatic heterocycles. The van der Waals surface area contributed by atoms with E-state index in [9.17, 15) is 13.0 Å². The molecule has 0 atom stereocenters. The van der Waals surface area contributed by atoms with Gasteiger partial charge in [0.05, 0.1) is 11.0 Å². The van der Waals surface area contributed by atoms with E-state index in [1.807, 2.05) is 0 Å². The normalized spacial score (nSPS) is 11.4. The summed E-state index contributed by atoms with van der Waals surface area (Å²) >= 11 is 0. The van der Waals surface area contributed by atoms with Crippen LogP contribution >= 0.6 is 0 Å². The summed E-state index contributed by atoms with van der Waals surface area (Å²) in [6, 6.07) is 8.05. The third-order valence-corrected chi connectivity index (χ3v) is 3.62. The number of hydrogen-bond acceptors (Lipinski definition) is 4. The zero-order valence-corrected chi connectivity index (χ0v) is 9.92. The van der Waals surface area contributed by atoms with Crippen molar-refractivity contribution in [2.24, 2.45) is 0 Å². The SMILES string of the molecule is O=S(=O)(O)c1cccc2cc3nccnc3cc12.[NaH]. The molecule has 3 aromatic rings. The van der Waals surface area contributed by atoms with Gasteiger partial charge in [0.1, 0.15) is 4.90 Å². The minimum atomic E-state index is -4.25. The maximum absolute atomic E-state index is 11.3. The second-order valence-electron chi connectivity index (χ2n) is 3.85. The molecule has 0 unspecified atom stereocenters. The van der Waals surface area contributed by atoms with E-state index in [1.165, 1.54) is 12.3 Å². The summed E-state index contributed by atoms with van der Waals surface area (Å²) in [7, 11) is -4.25. The van der Waals surface area contributed by atoms with Gasteiger partial charge >= 0.3 is 29.6 Å². The molecule has 7 heteroatoms. The summed E-state index contributed by atoms with van der Waals surface area (Å²) in [4.78, 5) is 8.15. The van der Waals surface area contributed by atoms with Gasteiger partial charge < -0.3 is 0 Å². The summed E-state index contributed by atoms with van der Waals surface area (Å²) in [6.45, 7) is 0. The molecule has 0 bridgehead atoms. The van der Waals surface area contributed by atoms with E-state index < -0.39 is 10.1 Å². The summed E-state index contributed by atoms with van der Waals surface area (Å²) in [5, 5.41) is 1.13. The van der Waals surface area contributed by atoms with E-state index in [0.717, 1.165) is 0 Å². The second-order valence-corrected chi connectivity index (χ2v) is 5.24. The zero-order valence-electron chi connectivity index (χ0n) is 9.11. The zero-order chi connectivity index (χ0) is 12.8. The molecule has 0 amide bonds. The van der Waals surface area contributed by atoms with Crippen molar-refractivity contribution in [1.82, 2.24) is 9.97 Å². The van der Waals surface area contributed by atoms with E-state index >= 15 is 0 Å². The number of nitrogens with zero attached hydrogens (tertiary/aromatic N) is 2. The van der Waals surface area contributed by atoms with Crippen LogP contribution in [0.15, 0.2) is 47.6 Å². The first-order valence-corrected chi connectivity index (χ1v) is 6.61. The van der Waals surface area contributed by atoms with Gasteiger partial charge in [0.15, 0.2) is 0 Å². The van der Waals surface area contributed by atoms with Crippen LogP contribution in [0, 0.1) is 0 Å². The van der Waals surface area contributed by atoms with Crippen molar-refractivity contribution in [3.63, 3.8) is 0 Å². The third kappa shape index (κ3) is 2.63. The first-order chi connectivity index (χ1) is 8.55. The Morgan fingerprint density at radius 3 is 2.26 bits per heavy atom. The van der Waals surface area contributed by atoms with E-state index in [4.69, 9.17) is 0 Å². The molecule has 0 fully saturated rings. The van der Waals surface area contributed by atoms with E-state index in [-0.39, 0.29) is 34.5 Å². The molecule has 0 saturated carbocycles. The molecule has 1 N–H and O–H groups in total. The van der Waals surface area contributed by atoms with E-state index in [1.54, 1.807) is 30.5 Å². The van der Waals surface area contributed by atoms with Crippen LogP contribution in [0.1, 0.15) is 0 Å². The molecular weight excluding hydrogens is 275 g/mol. The van der Waals surface area contributed by atoms with Crippen LogP contribution in [-0.2, 0) is 10.1 Å². The molecule has 1 heterocycles. The average molecular weight is 284 g/mol. The summed E-state index contributed by atoms with van der Waals surface area (Å²) in [6.07, 6.45) is 3.10. The molecule has 92 valence electrons. The van der Waals surface area contributed by atoms with Gasteiger partial charge in [-0.05, 0) is 23.6 Å². The monoisotopic (exact) mass is 284 g/mol. The molecule has 5 nitrogen and oxygen atoms in total. The van der Waals surface area contributed by atoms with E-state index in [2.05, 4.69) is 9.97 Å². The molecule has 0 aliphatic carbocycles. The Balaban J connectivity index is 0.00000133. The average Bonchev–Trinajstić information content (AvgIpc) is 2.34. The first-order valence-electron chi connectivity index (χ1n) is 5.17. The third-order valence-electron chi connectivity index (χ3n) is 2.71. The van der Waals surface area contributed by atoms with Crippen LogP contribution in [-0.4, -0.2) is 52.5 Å². The number of fused-ring (bicyclic) bond motifs is 2. The van der Waals surface area contributed by atoms with Crippen LogP contribution in [0.4, 0.5) is 0 Å². The van der Waals surface area contributed by atoms with Crippen LogP contribution in [0.25, 0.3) is 21.8 Å². The molecule has 0 aliphatic rings. The maximum atomic E-state index is 11.3. The van der Waals surface area contributed by atoms with Crippen molar-refractivity contribution >= 4 is 61.5 Å². The van der Waals surface area contributed by atoms with Gasteiger partial charge in [-0.25, -0.2) is 0 Å².